The summed E-state index contributed by atoms with van der Waals surface area (Å²) >= 11 is 0. The van der Waals surface area contributed by atoms with Crippen LogP contribution in [-0.2, 0) is 6.42 Å². The fourth-order valence-corrected chi connectivity index (χ4v) is 5.18. The third-order valence-corrected chi connectivity index (χ3v) is 6.42. The van der Waals surface area contributed by atoms with Gasteiger partial charge in [-0.2, -0.15) is 0 Å². The molecule has 23 heavy (non-hydrogen) atoms. The molecular formula is C19H28O4. The first kappa shape index (κ1) is 16.7. The molecule has 1 aromatic rings. The number of hydrogen-bond donors (Lipinski definition) is 3. The van der Waals surface area contributed by atoms with Gasteiger partial charge in [0.15, 0.2) is 0 Å². The zero-order valence-corrected chi connectivity index (χ0v) is 13.8. The van der Waals surface area contributed by atoms with Crippen molar-refractivity contribution < 1.29 is 19.7 Å². The van der Waals surface area contributed by atoms with Crippen LogP contribution in [0.3, 0.4) is 0 Å². The van der Waals surface area contributed by atoms with Crippen LogP contribution in [0.15, 0.2) is 35.2 Å². The van der Waals surface area contributed by atoms with Crippen molar-refractivity contribution in [3.8, 4) is 0 Å². The van der Waals surface area contributed by atoms with Gasteiger partial charge in [0.25, 0.3) is 0 Å². The van der Waals surface area contributed by atoms with Crippen LogP contribution < -0.4 is 0 Å². The van der Waals surface area contributed by atoms with E-state index in [0.717, 1.165) is 25.7 Å². The largest absolute Gasteiger partial charge is 0.472 e. The quantitative estimate of drug-likeness (QED) is 0.745. The number of aryl methyl sites for hydroxylation is 1. The summed E-state index contributed by atoms with van der Waals surface area (Å²) < 4.78 is 5.15. The second-order valence-electron chi connectivity index (χ2n) is 7.64. The molecule has 1 aromatic heterocycles. The molecule has 0 aliphatic heterocycles. The number of furan rings is 1. The van der Waals surface area contributed by atoms with Crippen molar-refractivity contribution in [1.29, 1.82) is 0 Å². The van der Waals surface area contributed by atoms with Crippen LogP contribution >= 0.6 is 0 Å². The number of fused-ring (bicyclic) bond motifs is 1. The van der Waals surface area contributed by atoms with Crippen molar-refractivity contribution in [2.75, 3.05) is 6.61 Å². The standard InChI is InChI=1S/C19H28O4/c1-12-3-5-16-14(10-20)18(22)17(21)9-19(16,2)15(12)6-4-13-7-8-23-11-13/h7-8,11,14-18,20-22H,1,3-6,9-10H2,2H3/t14-,15+,16+,17+,18-,19-/m0/s1. The highest BCUT2D eigenvalue weighted by Crippen LogP contribution is 2.57. The maximum absolute atomic E-state index is 10.3. The van der Waals surface area contributed by atoms with E-state index in [1.807, 2.05) is 6.07 Å². The fourth-order valence-electron chi connectivity index (χ4n) is 5.18. The van der Waals surface area contributed by atoms with Crippen LogP contribution in [0.25, 0.3) is 0 Å². The smallest absolute Gasteiger partial charge is 0.0934 e. The lowest BCUT2D eigenvalue weighted by atomic mass is 9.49. The molecule has 0 amide bonds. The first-order valence-corrected chi connectivity index (χ1v) is 8.63. The normalized spacial score (nSPS) is 40.9. The molecule has 0 bridgehead atoms. The molecule has 3 N–H and O–H groups in total. The number of aliphatic hydroxyl groups excluding tert-OH is 3. The fraction of sp³-hybridized carbons (Fsp3) is 0.684. The first-order valence-electron chi connectivity index (χ1n) is 8.63. The Bertz CT molecular complexity index is 538. The molecule has 4 nitrogen and oxygen atoms in total. The number of hydrogen-bond acceptors (Lipinski definition) is 4. The van der Waals surface area contributed by atoms with Gasteiger partial charge in [-0.15, -0.1) is 0 Å². The third kappa shape index (κ3) is 2.88. The Hall–Kier alpha value is -1.10. The highest BCUT2D eigenvalue weighted by molar-refractivity contribution is 5.17. The Balaban J connectivity index is 1.83. The molecule has 0 spiro atoms. The van der Waals surface area contributed by atoms with Crippen LogP contribution in [-0.4, -0.2) is 34.1 Å². The third-order valence-electron chi connectivity index (χ3n) is 6.42. The average molecular weight is 320 g/mol. The minimum Gasteiger partial charge on any atom is -0.472 e. The number of aliphatic hydroxyl groups is 3. The van der Waals surface area contributed by atoms with Crippen LogP contribution in [0.4, 0.5) is 0 Å². The van der Waals surface area contributed by atoms with Crippen molar-refractivity contribution in [2.24, 2.45) is 23.2 Å². The molecule has 2 aliphatic rings. The summed E-state index contributed by atoms with van der Waals surface area (Å²) in [6.45, 7) is 6.43. The molecule has 0 saturated heterocycles. The van der Waals surface area contributed by atoms with Gasteiger partial charge in [0, 0.05) is 12.5 Å². The molecule has 4 heteroatoms. The van der Waals surface area contributed by atoms with Gasteiger partial charge in [0.05, 0.1) is 24.7 Å². The van der Waals surface area contributed by atoms with Crippen molar-refractivity contribution in [2.45, 2.75) is 51.2 Å². The molecule has 1 heterocycles. The SMILES string of the molecule is C=C1CC[C@@H]2[C@H](CO)[C@H](O)[C@H](O)C[C@@]2(C)[C@@H]1CCc1ccoc1. The van der Waals surface area contributed by atoms with Gasteiger partial charge in [-0.3, -0.25) is 0 Å². The summed E-state index contributed by atoms with van der Waals surface area (Å²) in [7, 11) is 0. The Labute approximate surface area is 137 Å². The van der Waals surface area contributed by atoms with E-state index in [4.69, 9.17) is 4.42 Å². The predicted octanol–water partition coefficient (Wildman–Crippen LogP) is 2.53. The first-order chi connectivity index (χ1) is 11.0. The summed E-state index contributed by atoms with van der Waals surface area (Å²) in [5.74, 6) is 0.284. The lowest BCUT2D eigenvalue weighted by Crippen LogP contribution is -2.57. The van der Waals surface area contributed by atoms with Gasteiger partial charge in [0.1, 0.15) is 0 Å². The van der Waals surface area contributed by atoms with Crippen LogP contribution in [0, 0.1) is 23.2 Å². The molecule has 3 rings (SSSR count). The summed E-state index contributed by atoms with van der Waals surface area (Å²) in [6.07, 6.45) is 6.22. The topological polar surface area (TPSA) is 73.8 Å². The summed E-state index contributed by atoms with van der Waals surface area (Å²) in [5.41, 5.74) is 2.30. The van der Waals surface area contributed by atoms with Crippen LogP contribution in [0.5, 0.6) is 0 Å². The summed E-state index contributed by atoms with van der Waals surface area (Å²) in [6, 6.07) is 1.99. The zero-order chi connectivity index (χ0) is 16.6. The second kappa shape index (κ2) is 6.42. The second-order valence-corrected chi connectivity index (χ2v) is 7.64. The Morgan fingerprint density at radius 1 is 1.39 bits per heavy atom. The van der Waals surface area contributed by atoms with Gasteiger partial charge < -0.3 is 19.7 Å². The zero-order valence-electron chi connectivity index (χ0n) is 13.8. The van der Waals surface area contributed by atoms with Gasteiger partial charge in [-0.25, -0.2) is 0 Å². The van der Waals surface area contributed by atoms with E-state index < -0.39 is 12.2 Å². The Morgan fingerprint density at radius 2 is 2.17 bits per heavy atom. The Kier molecular flexibility index (Phi) is 4.68. The maximum Gasteiger partial charge on any atom is 0.0934 e. The molecule has 0 radical (unpaired) electrons. The highest BCUT2D eigenvalue weighted by Gasteiger charge is 2.54. The van der Waals surface area contributed by atoms with Gasteiger partial charge in [-0.1, -0.05) is 19.1 Å². The minimum absolute atomic E-state index is 0.0700. The van der Waals surface area contributed by atoms with Crippen molar-refractivity contribution in [3.05, 3.63) is 36.3 Å². The van der Waals surface area contributed by atoms with E-state index in [-0.39, 0.29) is 23.9 Å². The molecule has 2 saturated carbocycles. The number of rotatable bonds is 4. The minimum atomic E-state index is -0.820. The highest BCUT2D eigenvalue weighted by atomic mass is 16.3. The molecule has 2 aliphatic carbocycles. The van der Waals surface area contributed by atoms with Gasteiger partial charge in [-0.05, 0) is 61.0 Å². The Morgan fingerprint density at radius 3 is 2.83 bits per heavy atom. The molecular weight excluding hydrogens is 292 g/mol. The van der Waals surface area contributed by atoms with E-state index in [1.54, 1.807) is 12.5 Å². The molecule has 128 valence electrons. The van der Waals surface area contributed by atoms with Crippen molar-refractivity contribution in [1.82, 2.24) is 0 Å². The lowest BCUT2D eigenvalue weighted by Gasteiger charge is -2.57. The molecule has 0 unspecified atom stereocenters. The van der Waals surface area contributed by atoms with Crippen molar-refractivity contribution in [3.63, 3.8) is 0 Å². The van der Waals surface area contributed by atoms with E-state index in [0.29, 0.717) is 12.3 Å². The van der Waals surface area contributed by atoms with Crippen LogP contribution in [0.1, 0.15) is 38.2 Å². The lowest BCUT2D eigenvalue weighted by molar-refractivity contribution is -0.154. The molecule has 2 fully saturated rings. The van der Waals surface area contributed by atoms with E-state index in [2.05, 4.69) is 13.5 Å². The predicted molar refractivity (Wildman–Crippen MR) is 87.7 cm³/mol. The van der Waals surface area contributed by atoms with E-state index in [9.17, 15) is 15.3 Å². The van der Waals surface area contributed by atoms with E-state index >= 15 is 0 Å². The van der Waals surface area contributed by atoms with E-state index in [1.165, 1.54) is 11.1 Å². The average Bonchev–Trinajstić information content (AvgIpc) is 3.02. The molecule has 6 atom stereocenters. The molecule has 0 aromatic carbocycles. The summed E-state index contributed by atoms with van der Waals surface area (Å²) in [5, 5.41) is 30.4. The monoisotopic (exact) mass is 320 g/mol. The van der Waals surface area contributed by atoms with Crippen molar-refractivity contribution >= 4 is 0 Å². The number of allylic oxidation sites excluding steroid dienone is 1. The van der Waals surface area contributed by atoms with Gasteiger partial charge >= 0.3 is 0 Å². The maximum atomic E-state index is 10.3. The van der Waals surface area contributed by atoms with Crippen LogP contribution in [0.2, 0.25) is 0 Å². The van der Waals surface area contributed by atoms with Gasteiger partial charge in [0.2, 0.25) is 0 Å². The summed E-state index contributed by atoms with van der Waals surface area (Å²) in [4.78, 5) is 0.